The molecule has 2 N–H and O–H groups in total. The summed E-state index contributed by atoms with van der Waals surface area (Å²) < 4.78 is 5.46. The number of hydrogen-bond acceptors (Lipinski definition) is 7. The second-order valence-corrected chi connectivity index (χ2v) is 7.44. The first-order valence-electron chi connectivity index (χ1n) is 9.98. The van der Waals surface area contributed by atoms with Gasteiger partial charge in [0.15, 0.2) is 0 Å². The topological polar surface area (TPSA) is 100.0 Å². The standard InChI is InChI=1S/C21H25N5O4/c1-30-19-5-3-2-4-18(19)24-10-12-25(13-11-24)21(27)17-14-22-23-20(17)15-6-8-16(9-7-15)26(28)29/h2-9,17,20,22-23H,10-14H2,1H3. The number of rotatable bonds is 5. The minimum atomic E-state index is -0.423. The normalized spacial score (nSPS) is 21.5. The van der Waals surface area contributed by atoms with Gasteiger partial charge in [-0.1, -0.05) is 24.3 Å². The molecule has 2 fully saturated rings. The van der Waals surface area contributed by atoms with Crippen molar-refractivity contribution >= 4 is 17.3 Å². The van der Waals surface area contributed by atoms with E-state index in [0.717, 1.165) is 30.1 Å². The Labute approximate surface area is 174 Å². The highest BCUT2D eigenvalue weighted by Gasteiger charge is 2.37. The number of nitro benzene ring substituents is 1. The van der Waals surface area contributed by atoms with Gasteiger partial charge in [0.05, 0.1) is 29.7 Å². The fourth-order valence-corrected chi connectivity index (χ4v) is 4.14. The first-order chi connectivity index (χ1) is 14.6. The largest absolute Gasteiger partial charge is 0.495 e. The predicted molar refractivity (Wildman–Crippen MR) is 112 cm³/mol. The van der Waals surface area contributed by atoms with E-state index in [-0.39, 0.29) is 23.6 Å². The van der Waals surface area contributed by atoms with Gasteiger partial charge >= 0.3 is 0 Å². The number of para-hydroxylation sites is 2. The number of carbonyl (C=O) groups is 1. The zero-order valence-electron chi connectivity index (χ0n) is 16.8. The lowest BCUT2D eigenvalue weighted by Crippen LogP contribution is -2.51. The molecule has 0 bridgehead atoms. The molecule has 4 rings (SSSR count). The van der Waals surface area contributed by atoms with Crippen LogP contribution in [0.4, 0.5) is 11.4 Å². The smallest absolute Gasteiger partial charge is 0.269 e. The van der Waals surface area contributed by atoms with Crippen molar-refractivity contribution in [2.24, 2.45) is 5.92 Å². The molecule has 0 saturated carbocycles. The number of nitrogens with zero attached hydrogens (tertiary/aromatic N) is 3. The number of ether oxygens (including phenoxy) is 1. The Morgan fingerprint density at radius 3 is 2.47 bits per heavy atom. The number of nitrogens with one attached hydrogen (secondary N) is 2. The van der Waals surface area contributed by atoms with Gasteiger partial charge < -0.3 is 14.5 Å². The zero-order chi connectivity index (χ0) is 21.1. The lowest BCUT2D eigenvalue weighted by Gasteiger charge is -2.38. The minimum Gasteiger partial charge on any atom is -0.495 e. The number of non-ortho nitro benzene ring substituents is 1. The summed E-state index contributed by atoms with van der Waals surface area (Å²) in [5, 5.41) is 10.9. The van der Waals surface area contributed by atoms with Crippen molar-refractivity contribution in [2.45, 2.75) is 6.04 Å². The number of nitro groups is 1. The third-order valence-corrected chi connectivity index (χ3v) is 5.78. The molecule has 2 unspecified atom stereocenters. The number of anilines is 1. The maximum atomic E-state index is 13.2. The van der Waals surface area contributed by atoms with Crippen LogP contribution in [-0.4, -0.2) is 55.6 Å². The summed E-state index contributed by atoms with van der Waals surface area (Å²) in [6, 6.07) is 14.1. The van der Waals surface area contributed by atoms with E-state index in [1.165, 1.54) is 12.1 Å². The van der Waals surface area contributed by atoms with Crippen LogP contribution in [0.15, 0.2) is 48.5 Å². The Morgan fingerprint density at radius 1 is 1.10 bits per heavy atom. The molecule has 2 saturated heterocycles. The molecule has 2 heterocycles. The molecule has 2 aliphatic rings. The lowest BCUT2D eigenvalue weighted by molar-refractivity contribution is -0.384. The number of hydrazine groups is 1. The number of carbonyl (C=O) groups excluding carboxylic acids is 1. The van der Waals surface area contributed by atoms with E-state index in [1.54, 1.807) is 19.2 Å². The summed E-state index contributed by atoms with van der Waals surface area (Å²) in [5.41, 5.74) is 8.16. The number of methoxy groups -OCH3 is 1. The van der Waals surface area contributed by atoms with Crippen molar-refractivity contribution in [2.75, 3.05) is 44.7 Å². The quantitative estimate of drug-likeness (QED) is 0.571. The molecule has 9 heteroatoms. The van der Waals surface area contributed by atoms with Gasteiger partial charge in [-0.15, -0.1) is 0 Å². The fourth-order valence-electron chi connectivity index (χ4n) is 4.14. The highest BCUT2D eigenvalue weighted by molar-refractivity contribution is 5.81. The summed E-state index contributed by atoms with van der Waals surface area (Å²) >= 11 is 0. The first-order valence-corrected chi connectivity index (χ1v) is 9.98. The van der Waals surface area contributed by atoms with Crippen LogP contribution >= 0.6 is 0 Å². The van der Waals surface area contributed by atoms with Crippen molar-refractivity contribution in [3.05, 3.63) is 64.2 Å². The zero-order valence-corrected chi connectivity index (χ0v) is 16.8. The number of piperazine rings is 1. The van der Waals surface area contributed by atoms with E-state index in [9.17, 15) is 14.9 Å². The van der Waals surface area contributed by atoms with E-state index < -0.39 is 4.92 Å². The molecule has 0 aliphatic carbocycles. The van der Waals surface area contributed by atoms with E-state index in [2.05, 4.69) is 15.8 Å². The van der Waals surface area contributed by atoms with Crippen LogP contribution in [0.5, 0.6) is 5.75 Å². The molecule has 2 aromatic carbocycles. The predicted octanol–water partition coefficient (Wildman–Crippen LogP) is 1.72. The van der Waals surface area contributed by atoms with Crippen LogP contribution in [0.3, 0.4) is 0 Å². The van der Waals surface area contributed by atoms with Gasteiger partial charge in [-0.05, 0) is 17.7 Å². The lowest BCUT2D eigenvalue weighted by atomic mass is 9.93. The van der Waals surface area contributed by atoms with Gasteiger partial charge in [0.25, 0.3) is 5.69 Å². The van der Waals surface area contributed by atoms with Crippen molar-refractivity contribution in [3.63, 3.8) is 0 Å². The molecule has 0 aromatic heterocycles. The number of hydrogen-bond donors (Lipinski definition) is 2. The Balaban J connectivity index is 1.41. The average Bonchev–Trinajstić information content (AvgIpc) is 3.28. The Kier molecular flexibility index (Phi) is 5.82. The molecular formula is C21H25N5O4. The Hall–Kier alpha value is -3.17. The van der Waals surface area contributed by atoms with Crippen LogP contribution in [0.1, 0.15) is 11.6 Å². The van der Waals surface area contributed by atoms with Crippen LogP contribution in [0, 0.1) is 16.0 Å². The number of benzene rings is 2. The van der Waals surface area contributed by atoms with Gasteiger partial charge in [0.1, 0.15) is 5.75 Å². The third-order valence-electron chi connectivity index (χ3n) is 5.78. The molecule has 158 valence electrons. The third kappa shape index (κ3) is 3.94. The van der Waals surface area contributed by atoms with Crippen molar-refractivity contribution < 1.29 is 14.5 Å². The summed E-state index contributed by atoms with van der Waals surface area (Å²) in [5.74, 6) is 0.666. The molecule has 2 atom stereocenters. The van der Waals surface area contributed by atoms with Crippen LogP contribution < -0.4 is 20.5 Å². The fraction of sp³-hybridized carbons (Fsp3) is 0.381. The summed E-state index contributed by atoms with van der Waals surface area (Å²) in [7, 11) is 1.66. The van der Waals surface area contributed by atoms with Gasteiger partial charge in [-0.25, -0.2) is 5.43 Å². The monoisotopic (exact) mass is 411 g/mol. The summed E-state index contributed by atoms with van der Waals surface area (Å²) in [6.07, 6.45) is 0. The molecule has 0 spiro atoms. The van der Waals surface area contributed by atoms with Crippen molar-refractivity contribution in [3.8, 4) is 5.75 Å². The highest BCUT2D eigenvalue weighted by atomic mass is 16.6. The van der Waals surface area contributed by atoms with Gasteiger partial charge in [-0.2, -0.15) is 0 Å². The van der Waals surface area contributed by atoms with E-state index in [4.69, 9.17) is 4.74 Å². The van der Waals surface area contributed by atoms with Crippen molar-refractivity contribution in [1.29, 1.82) is 0 Å². The maximum Gasteiger partial charge on any atom is 0.269 e. The van der Waals surface area contributed by atoms with E-state index in [0.29, 0.717) is 19.6 Å². The van der Waals surface area contributed by atoms with Crippen LogP contribution in [0.25, 0.3) is 0 Å². The second kappa shape index (κ2) is 8.68. The van der Waals surface area contributed by atoms with Crippen LogP contribution in [-0.2, 0) is 4.79 Å². The first kappa shape index (κ1) is 20.1. The van der Waals surface area contributed by atoms with Gasteiger partial charge in [0.2, 0.25) is 5.91 Å². The minimum absolute atomic E-state index is 0.0417. The van der Waals surface area contributed by atoms with E-state index >= 15 is 0 Å². The maximum absolute atomic E-state index is 13.2. The molecule has 2 aromatic rings. The summed E-state index contributed by atoms with van der Waals surface area (Å²) in [4.78, 5) is 27.8. The average molecular weight is 411 g/mol. The molecule has 1 amide bonds. The molecule has 30 heavy (non-hydrogen) atoms. The second-order valence-electron chi connectivity index (χ2n) is 7.44. The van der Waals surface area contributed by atoms with E-state index in [1.807, 2.05) is 29.2 Å². The summed E-state index contributed by atoms with van der Waals surface area (Å²) in [6.45, 7) is 3.28. The van der Waals surface area contributed by atoms with Gasteiger partial charge in [0, 0.05) is 44.9 Å². The van der Waals surface area contributed by atoms with Crippen LogP contribution in [0.2, 0.25) is 0 Å². The Morgan fingerprint density at radius 2 is 1.80 bits per heavy atom. The molecule has 0 radical (unpaired) electrons. The molecular weight excluding hydrogens is 386 g/mol. The molecule has 2 aliphatic heterocycles. The highest BCUT2D eigenvalue weighted by Crippen LogP contribution is 2.31. The Bertz CT molecular complexity index is 912. The SMILES string of the molecule is COc1ccccc1N1CCN(C(=O)C2CNNC2c2ccc([N+](=O)[O-])cc2)CC1. The molecule has 9 nitrogen and oxygen atoms in total. The van der Waals surface area contributed by atoms with Gasteiger partial charge in [-0.3, -0.25) is 20.3 Å². The van der Waals surface area contributed by atoms with Crippen molar-refractivity contribution in [1.82, 2.24) is 15.8 Å². The number of amides is 1.